The summed E-state index contributed by atoms with van der Waals surface area (Å²) in [6.45, 7) is 10.5. The molecule has 0 radical (unpaired) electrons. The zero-order valence-corrected chi connectivity index (χ0v) is 19.2. The number of nitrogens with one attached hydrogen (secondary N) is 2. The van der Waals surface area contributed by atoms with Crippen molar-refractivity contribution in [2.24, 2.45) is 7.05 Å². The summed E-state index contributed by atoms with van der Waals surface area (Å²) in [6, 6.07) is 0. The Kier molecular flexibility index (Phi) is 6.07. The molecule has 0 spiro atoms. The molecule has 3 heterocycles. The molecule has 0 unspecified atom stereocenters. The average molecular weight is 438 g/mol. The monoisotopic (exact) mass is 437 g/mol. The summed E-state index contributed by atoms with van der Waals surface area (Å²) in [4.78, 5) is 26.4. The van der Waals surface area contributed by atoms with Crippen LogP contribution in [0.1, 0.15) is 55.4 Å². The number of carbonyl (C=O) groups is 2. The molecular weight excluding hydrogens is 410 g/mol. The molecule has 158 valence electrons. The topological polar surface area (TPSA) is 98.1 Å². The SMILES string of the molecule is CCOC(=O)c1c(NC(=O)CSc2nncn2C)sc2c1CC(C)(C)NC2(C)C. The van der Waals surface area contributed by atoms with E-state index in [9.17, 15) is 9.59 Å². The van der Waals surface area contributed by atoms with Crippen molar-refractivity contribution in [3.63, 3.8) is 0 Å². The summed E-state index contributed by atoms with van der Waals surface area (Å²) >= 11 is 2.73. The van der Waals surface area contributed by atoms with Crippen molar-refractivity contribution in [1.82, 2.24) is 20.1 Å². The standard InChI is InChI=1S/C19H27N5O3S2/c1-7-27-16(26)13-11-8-18(2,3)23-19(4,5)14(11)29-15(13)21-12(25)9-28-17-22-20-10-24(17)6/h10,23H,7-9H2,1-6H3,(H,21,25). The highest BCUT2D eigenvalue weighted by Crippen LogP contribution is 2.45. The molecule has 2 aromatic rings. The van der Waals surface area contributed by atoms with Crippen molar-refractivity contribution in [3.8, 4) is 0 Å². The minimum atomic E-state index is -0.394. The van der Waals surface area contributed by atoms with Gasteiger partial charge in [-0.2, -0.15) is 0 Å². The molecule has 3 rings (SSSR count). The van der Waals surface area contributed by atoms with Gasteiger partial charge in [-0.15, -0.1) is 21.5 Å². The minimum Gasteiger partial charge on any atom is -0.462 e. The fourth-order valence-corrected chi connectivity index (χ4v) is 5.70. The van der Waals surface area contributed by atoms with E-state index in [-0.39, 0.29) is 29.3 Å². The van der Waals surface area contributed by atoms with Gasteiger partial charge in [0.25, 0.3) is 0 Å². The summed E-state index contributed by atoms with van der Waals surface area (Å²) in [6.07, 6.45) is 2.27. The number of hydrogen-bond acceptors (Lipinski definition) is 8. The van der Waals surface area contributed by atoms with Crippen molar-refractivity contribution >= 4 is 40.0 Å². The number of aryl methyl sites for hydroxylation is 1. The van der Waals surface area contributed by atoms with Crippen LogP contribution in [0.4, 0.5) is 5.00 Å². The molecule has 10 heteroatoms. The van der Waals surface area contributed by atoms with Gasteiger partial charge >= 0.3 is 5.97 Å². The molecule has 0 saturated carbocycles. The lowest BCUT2D eigenvalue weighted by atomic mass is 9.81. The first-order valence-corrected chi connectivity index (χ1v) is 11.2. The Morgan fingerprint density at radius 2 is 2.10 bits per heavy atom. The number of hydrogen-bond donors (Lipinski definition) is 2. The van der Waals surface area contributed by atoms with Gasteiger partial charge in [-0.25, -0.2) is 4.79 Å². The fourth-order valence-electron chi connectivity index (χ4n) is 3.73. The number of nitrogens with zero attached hydrogens (tertiary/aromatic N) is 3. The number of thiophene rings is 1. The van der Waals surface area contributed by atoms with Crippen LogP contribution < -0.4 is 10.6 Å². The predicted molar refractivity (Wildman–Crippen MR) is 115 cm³/mol. The van der Waals surface area contributed by atoms with Crippen LogP contribution >= 0.6 is 23.1 Å². The number of anilines is 1. The maximum absolute atomic E-state index is 12.8. The first kappa shape index (κ1) is 21.8. The normalized spacial score (nSPS) is 16.9. The zero-order chi connectivity index (χ0) is 21.4. The molecular formula is C19H27N5O3S2. The second-order valence-corrected chi connectivity index (χ2v) is 10.2. The smallest absolute Gasteiger partial charge is 0.341 e. The third kappa shape index (κ3) is 4.65. The van der Waals surface area contributed by atoms with Crippen molar-refractivity contribution in [3.05, 3.63) is 22.3 Å². The molecule has 2 N–H and O–H groups in total. The van der Waals surface area contributed by atoms with Crippen molar-refractivity contribution in [2.45, 2.75) is 57.3 Å². The maximum atomic E-state index is 12.8. The van der Waals surface area contributed by atoms with Gasteiger partial charge in [0.1, 0.15) is 11.3 Å². The Bertz CT molecular complexity index is 932. The Morgan fingerprint density at radius 3 is 2.72 bits per heavy atom. The van der Waals surface area contributed by atoms with Crippen molar-refractivity contribution in [1.29, 1.82) is 0 Å². The maximum Gasteiger partial charge on any atom is 0.341 e. The molecule has 0 bridgehead atoms. The molecule has 0 atom stereocenters. The highest BCUT2D eigenvalue weighted by Gasteiger charge is 2.42. The lowest BCUT2D eigenvalue weighted by Gasteiger charge is -2.42. The van der Waals surface area contributed by atoms with Crippen LogP contribution in [0.5, 0.6) is 0 Å². The van der Waals surface area contributed by atoms with E-state index in [4.69, 9.17) is 4.74 Å². The summed E-state index contributed by atoms with van der Waals surface area (Å²) in [5.41, 5.74) is 0.936. The van der Waals surface area contributed by atoms with Crippen molar-refractivity contribution in [2.75, 3.05) is 17.7 Å². The van der Waals surface area contributed by atoms with Crippen LogP contribution in [0.2, 0.25) is 0 Å². The van der Waals surface area contributed by atoms with Crippen LogP contribution in [0, 0.1) is 0 Å². The number of fused-ring (bicyclic) bond motifs is 1. The lowest BCUT2D eigenvalue weighted by molar-refractivity contribution is -0.113. The zero-order valence-electron chi connectivity index (χ0n) is 17.6. The van der Waals surface area contributed by atoms with Crippen LogP contribution in [-0.4, -0.2) is 44.5 Å². The van der Waals surface area contributed by atoms with Gasteiger partial charge < -0.3 is 19.9 Å². The molecule has 8 nitrogen and oxygen atoms in total. The molecule has 0 aromatic carbocycles. The van der Waals surface area contributed by atoms with E-state index in [1.54, 1.807) is 17.8 Å². The summed E-state index contributed by atoms with van der Waals surface area (Å²) in [5, 5.41) is 15.5. The molecule has 1 amide bonds. The number of rotatable bonds is 6. The third-order valence-corrected chi connectivity index (χ3v) is 7.08. The number of aromatic nitrogens is 3. The van der Waals surface area contributed by atoms with Gasteiger partial charge in [-0.05, 0) is 46.6 Å². The molecule has 2 aromatic heterocycles. The first-order valence-electron chi connectivity index (χ1n) is 9.43. The summed E-state index contributed by atoms with van der Waals surface area (Å²) in [5.74, 6) is -0.424. The van der Waals surface area contributed by atoms with E-state index < -0.39 is 5.97 Å². The first-order chi connectivity index (χ1) is 13.5. The summed E-state index contributed by atoms with van der Waals surface area (Å²) < 4.78 is 7.07. The fraction of sp³-hybridized carbons (Fsp3) is 0.579. The van der Waals surface area contributed by atoms with E-state index in [2.05, 4.69) is 48.5 Å². The minimum absolute atomic E-state index is 0.171. The largest absolute Gasteiger partial charge is 0.462 e. The number of ether oxygens (including phenoxy) is 1. The van der Waals surface area contributed by atoms with Crippen LogP contribution in [0.15, 0.2) is 11.5 Å². The third-order valence-electron chi connectivity index (χ3n) is 4.58. The van der Waals surface area contributed by atoms with Crippen LogP contribution in [-0.2, 0) is 28.5 Å². The van der Waals surface area contributed by atoms with Gasteiger partial charge in [-0.3, -0.25) is 4.79 Å². The van der Waals surface area contributed by atoms with Gasteiger partial charge in [-0.1, -0.05) is 11.8 Å². The highest BCUT2D eigenvalue weighted by molar-refractivity contribution is 7.99. The summed E-state index contributed by atoms with van der Waals surface area (Å²) in [7, 11) is 1.82. The van der Waals surface area contributed by atoms with E-state index in [0.717, 1.165) is 10.4 Å². The highest BCUT2D eigenvalue weighted by atomic mass is 32.2. The van der Waals surface area contributed by atoms with Gasteiger partial charge in [0.15, 0.2) is 5.16 Å². The Morgan fingerprint density at radius 1 is 1.38 bits per heavy atom. The van der Waals surface area contributed by atoms with E-state index in [1.807, 2.05) is 7.05 Å². The molecule has 1 aliphatic rings. The molecule has 1 aliphatic heterocycles. The van der Waals surface area contributed by atoms with Gasteiger partial charge in [0.2, 0.25) is 5.91 Å². The van der Waals surface area contributed by atoms with Crippen LogP contribution in [0.25, 0.3) is 0 Å². The van der Waals surface area contributed by atoms with Crippen molar-refractivity contribution < 1.29 is 14.3 Å². The second kappa shape index (κ2) is 8.08. The van der Waals surface area contributed by atoms with E-state index in [0.29, 0.717) is 22.1 Å². The molecule has 0 fully saturated rings. The average Bonchev–Trinajstić information content (AvgIpc) is 3.15. The molecule has 0 aliphatic carbocycles. The molecule has 29 heavy (non-hydrogen) atoms. The van der Waals surface area contributed by atoms with E-state index >= 15 is 0 Å². The second-order valence-electron chi connectivity index (χ2n) is 8.21. The Hall–Kier alpha value is -1.91. The quantitative estimate of drug-likeness (QED) is 0.530. The number of esters is 1. The Balaban J connectivity index is 1.90. The van der Waals surface area contributed by atoms with E-state index in [1.165, 1.54) is 23.1 Å². The molecule has 0 saturated heterocycles. The number of thioether (sulfide) groups is 1. The lowest BCUT2D eigenvalue weighted by Crippen LogP contribution is -2.55. The number of carbonyl (C=O) groups excluding carboxylic acids is 2. The number of amides is 1. The van der Waals surface area contributed by atoms with Gasteiger partial charge in [0.05, 0.1) is 17.9 Å². The van der Waals surface area contributed by atoms with Gasteiger partial charge in [0, 0.05) is 23.0 Å². The predicted octanol–water partition coefficient (Wildman–Crippen LogP) is 2.94. The Labute approximate surface area is 178 Å². The van der Waals surface area contributed by atoms with Crippen LogP contribution in [0.3, 0.4) is 0 Å².